The molecule has 0 radical (unpaired) electrons. The average Bonchev–Trinajstić information content (AvgIpc) is 3.17. The van der Waals surface area contributed by atoms with Crippen molar-refractivity contribution < 1.29 is 19.4 Å². The molecule has 0 amide bonds. The molecule has 182 valence electrons. The van der Waals surface area contributed by atoms with E-state index in [4.69, 9.17) is 4.74 Å². The predicted octanol–water partition coefficient (Wildman–Crippen LogP) is 5.30. The number of aliphatic hydroxyl groups is 1. The number of esters is 1. The lowest BCUT2D eigenvalue weighted by Gasteiger charge is -2.62. The molecule has 1 heterocycles. The van der Waals surface area contributed by atoms with Crippen LogP contribution in [0.15, 0.2) is 29.4 Å². The first-order chi connectivity index (χ1) is 15.6. The standard InChI is InChI=1S/C27H39NO4S/c1-6-25(4)15-21(32-22(30)16-33-19-9-13-28-14-10-19)26(5)17(2)7-11-27(18(3)24(25)31)12-8-20(29)23(26)27/h9-10,13-14,17-18,21,23-24,31H,6-8,11-12,15-16H2,1-5H3/t17-,18+,21-,23?,24+,25-,26+,27+/m1/s1. The molecular formula is C27H39NO4S. The van der Waals surface area contributed by atoms with E-state index in [1.54, 1.807) is 12.4 Å². The van der Waals surface area contributed by atoms with E-state index >= 15 is 0 Å². The van der Waals surface area contributed by atoms with Crippen molar-refractivity contribution in [2.75, 3.05) is 5.75 Å². The Morgan fingerprint density at radius 2 is 1.94 bits per heavy atom. The summed E-state index contributed by atoms with van der Waals surface area (Å²) in [5, 5.41) is 11.6. The van der Waals surface area contributed by atoms with Gasteiger partial charge in [-0.05, 0) is 66.9 Å². The van der Waals surface area contributed by atoms with E-state index < -0.39 is 17.6 Å². The van der Waals surface area contributed by atoms with Crippen molar-refractivity contribution in [1.29, 1.82) is 0 Å². The minimum atomic E-state index is -0.527. The van der Waals surface area contributed by atoms with Crippen molar-refractivity contribution in [2.24, 2.45) is 34.0 Å². The Hall–Kier alpha value is -1.40. The van der Waals surface area contributed by atoms with Crippen molar-refractivity contribution in [2.45, 2.75) is 90.2 Å². The Balaban J connectivity index is 1.69. The number of hydrogen-bond acceptors (Lipinski definition) is 6. The Bertz CT molecular complexity index is 893. The summed E-state index contributed by atoms with van der Waals surface area (Å²) in [5.41, 5.74) is -0.997. The Morgan fingerprint density at radius 1 is 1.24 bits per heavy atom. The third kappa shape index (κ3) is 3.95. The van der Waals surface area contributed by atoms with Crippen molar-refractivity contribution >= 4 is 23.5 Å². The number of ether oxygens (including phenoxy) is 1. The summed E-state index contributed by atoms with van der Waals surface area (Å²) in [6.07, 6.45) is 7.29. The lowest BCUT2D eigenvalue weighted by molar-refractivity contribution is -0.211. The molecule has 1 aromatic heterocycles. The number of ketones is 1. The highest BCUT2D eigenvalue weighted by atomic mass is 32.2. The molecule has 3 saturated carbocycles. The summed E-state index contributed by atoms with van der Waals surface area (Å²) in [5.74, 6) is 0.423. The van der Waals surface area contributed by atoms with Crippen LogP contribution in [0.2, 0.25) is 0 Å². The number of carbonyl (C=O) groups is 2. The number of thioether (sulfide) groups is 1. The van der Waals surface area contributed by atoms with Gasteiger partial charge in [-0.1, -0.05) is 34.6 Å². The summed E-state index contributed by atoms with van der Waals surface area (Å²) in [6.45, 7) is 10.9. The minimum absolute atomic E-state index is 0.0459. The van der Waals surface area contributed by atoms with Gasteiger partial charge in [-0.25, -0.2) is 0 Å². The van der Waals surface area contributed by atoms with Gasteiger partial charge in [0.1, 0.15) is 11.9 Å². The molecule has 0 saturated heterocycles. The summed E-state index contributed by atoms with van der Waals surface area (Å²) in [6, 6.07) is 3.77. The van der Waals surface area contributed by atoms with Crippen LogP contribution in [0.5, 0.6) is 0 Å². The highest BCUT2D eigenvalue weighted by molar-refractivity contribution is 8.00. The van der Waals surface area contributed by atoms with Crippen molar-refractivity contribution in [3.05, 3.63) is 24.5 Å². The van der Waals surface area contributed by atoms with Gasteiger partial charge < -0.3 is 9.84 Å². The number of Topliss-reactive ketones (excluding diaryl/α,β-unsaturated/α-hetero) is 1. The molecule has 1 aromatic rings. The zero-order valence-electron chi connectivity index (χ0n) is 20.7. The quantitative estimate of drug-likeness (QED) is 0.462. The number of hydrogen-bond donors (Lipinski definition) is 1. The largest absolute Gasteiger partial charge is 0.461 e. The van der Waals surface area contributed by atoms with Crippen LogP contribution >= 0.6 is 11.8 Å². The molecule has 0 aromatic carbocycles. The molecule has 8 atom stereocenters. The lowest BCUT2D eigenvalue weighted by Crippen LogP contribution is -2.63. The van der Waals surface area contributed by atoms with Gasteiger partial charge in [0.15, 0.2) is 0 Å². The van der Waals surface area contributed by atoms with Gasteiger partial charge in [0.05, 0.1) is 11.9 Å². The molecule has 3 aliphatic carbocycles. The van der Waals surface area contributed by atoms with E-state index in [0.717, 1.165) is 30.6 Å². The highest BCUT2D eigenvalue weighted by Crippen LogP contribution is 2.68. The molecule has 6 heteroatoms. The monoisotopic (exact) mass is 473 g/mol. The van der Waals surface area contributed by atoms with Gasteiger partial charge in [0, 0.05) is 35.0 Å². The normalized spacial score (nSPS) is 42.8. The van der Waals surface area contributed by atoms with Crippen LogP contribution in [0.25, 0.3) is 0 Å². The van der Waals surface area contributed by atoms with Crippen LogP contribution in [-0.4, -0.2) is 39.8 Å². The number of aromatic nitrogens is 1. The molecule has 3 fully saturated rings. The molecule has 33 heavy (non-hydrogen) atoms. The fraction of sp³-hybridized carbons (Fsp3) is 0.741. The minimum Gasteiger partial charge on any atom is -0.461 e. The van der Waals surface area contributed by atoms with E-state index in [1.165, 1.54) is 11.8 Å². The second kappa shape index (κ2) is 8.99. The smallest absolute Gasteiger partial charge is 0.316 e. The molecule has 0 aliphatic heterocycles. The van der Waals surface area contributed by atoms with Gasteiger partial charge >= 0.3 is 5.97 Å². The van der Waals surface area contributed by atoms with Crippen LogP contribution in [-0.2, 0) is 14.3 Å². The van der Waals surface area contributed by atoms with Crippen molar-refractivity contribution in [1.82, 2.24) is 4.98 Å². The van der Waals surface area contributed by atoms with Gasteiger partial charge in [0.2, 0.25) is 0 Å². The zero-order valence-corrected chi connectivity index (χ0v) is 21.5. The van der Waals surface area contributed by atoms with Crippen LogP contribution in [0, 0.1) is 34.0 Å². The Morgan fingerprint density at radius 3 is 2.61 bits per heavy atom. The van der Waals surface area contributed by atoms with Crippen LogP contribution in [0.4, 0.5) is 0 Å². The maximum Gasteiger partial charge on any atom is 0.316 e. The number of rotatable bonds is 5. The van der Waals surface area contributed by atoms with Crippen molar-refractivity contribution in [3.63, 3.8) is 0 Å². The maximum absolute atomic E-state index is 13.4. The molecule has 1 N–H and O–H groups in total. The molecule has 4 rings (SSSR count). The molecule has 1 unspecified atom stereocenters. The zero-order chi connectivity index (χ0) is 24.0. The number of pyridine rings is 1. The summed E-state index contributed by atoms with van der Waals surface area (Å²) in [4.78, 5) is 31.5. The molecule has 2 bridgehead atoms. The Labute approximate surface area is 202 Å². The van der Waals surface area contributed by atoms with Gasteiger partial charge in [-0.15, -0.1) is 11.8 Å². The first kappa shape index (κ1) is 24.7. The van der Waals surface area contributed by atoms with E-state index in [-0.39, 0.29) is 40.3 Å². The van der Waals surface area contributed by atoms with Gasteiger partial charge in [-0.2, -0.15) is 0 Å². The number of aliphatic hydroxyl groups excluding tert-OH is 1. The number of carbonyl (C=O) groups excluding carboxylic acids is 2. The average molecular weight is 474 g/mol. The lowest BCUT2D eigenvalue weighted by atomic mass is 9.43. The third-order valence-electron chi connectivity index (χ3n) is 9.99. The summed E-state index contributed by atoms with van der Waals surface area (Å²) >= 11 is 1.44. The van der Waals surface area contributed by atoms with E-state index in [1.807, 2.05) is 12.1 Å². The van der Waals surface area contributed by atoms with Crippen LogP contribution in [0.1, 0.15) is 73.1 Å². The topological polar surface area (TPSA) is 76.5 Å². The first-order valence-corrected chi connectivity index (χ1v) is 13.5. The van der Waals surface area contributed by atoms with Crippen LogP contribution < -0.4 is 0 Å². The second-order valence-corrected chi connectivity index (χ2v) is 12.4. The molecule has 5 nitrogen and oxygen atoms in total. The Kier molecular flexibility index (Phi) is 6.74. The van der Waals surface area contributed by atoms with Crippen molar-refractivity contribution in [3.8, 4) is 0 Å². The second-order valence-electron chi connectivity index (χ2n) is 11.3. The number of nitrogens with zero attached hydrogens (tertiary/aromatic N) is 1. The van der Waals surface area contributed by atoms with E-state index in [0.29, 0.717) is 18.6 Å². The molecular weight excluding hydrogens is 434 g/mol. The predicted molar refractivity (Wildman–Crippen MR) is 130 cm³/mol. The SMILES string of the molecule is CC[C@]1(C)C[C@@H](OC(=O)CSc2ccncc2)[C@@]2(C)C3C(=O)CC[C@@]3(CC[C@H]2C)[C@@H](C)[C@@H]1O. The first-order valence-electron chi connectivity index (χ1n) is 12.5. The summed E-state index contributed by atoms with van der Waals surface area (Å²) in [7, 11) is 0. The van der Waals surface area contributed by atoms with Crippen LogP contribution in [0.3, 0.4) is 0 Å². The van der Waals surface area contributed by atoms with Gasteiger partial charge in [0.25, 0.3) is 0 Å². The third-order valence-corrected chi connectivity index (χ3v) is 11.0. The van der Waals surface area contributed by atoms with Gasteiger partial charge in [-0.3, -0.25) is 14.6 Å². The maximum atomic E-state index is 13.4. The van der Waals surface area contributed by atoms with E-state index in [9.17, 15) is 14.7 Å². The molecule has 0 spiro atoms. The molecule has 3 aliphatic rings. The fourth-order valence-electron chi connectivity index (χ4n) is 7.48. The van der Waals surface area contributed by atoms with E-state index in [2.05, 4.69) is 39.6 Å². The summed E-state index contributed by atoms with van der Waals surface area (Å²) < 4.78 is 6.30. The highest BCUT2D eigenvalue weighted by Gasteiger charge is 2.68. The fourth-order valence-corrected chi connectivity index (χ4v) is 8.14.